The molecule has 166 valence electrons. The van der Waals surface area contributed by atoms with Gasteiger partial charge in [0, 0.05) is 21.8 Å². The van der Waals surface area contributed by atoms with Gasteiger partial charge in [0.25, 0.3) is 5.91 Å². The highest BCUT2D eigenvalue weighted by Gasteiger charge is 2.11. The molecule has 6 nitrogen and oxygen atoms in total. The fraction of sp³-hybridized carbons (Fsp3) is 0.200. The van der Waals surface area contributed by atoms with E-state index in [0.29, 0.717) is 28.5 Å². The summed E-state index contributed by atoms with van der Waals surface area (Å²) in [5.74, 6) is 1.04. The van der Waals surface area contributed by atoms with Crippen molar-refractivity contribution in [2.45, 2.75) is 18.7 Å². The first-order chi connectivity index (χ1) is 15.4. The summed E-state index contributed by atoms with van der Waals surface area (Å²) in [6, 6.07) is 18.3. The normalized spacial score (nSPS) is 10.4. The van der Waals surface area contributed by atoms with Crippen molar-refractivity contribution in [3.05, 3.63) is 77.4 Å². The van der Waals surface area contributed by atoms with E-state index in [0.717, 1.165) is 21.7 Å². The molecule has 0 atom stereocenters. The van der Waals surface area contributed by atoms with E-state index in [2.05, 4.69) is 10.6 Å². The van der Waals surface area contributed by atoms with Crippen molar-refractivity contribution >= 4 is 35.0 Å². The molecular weight excluding hydrogens is 424 g/mol. The lowest BCUT2D eigenvalue weighted by Crippen LogP contribution is -2.14. The predicted octanol–water partition coefficient (Wildman–Crippen LogP) is 5.30. The van der Waals surface area contributed by atoms with Crippen LogP contribution >= 0.6 is 11.8 Å². The molecule has 0 bridgehead atoms. The van der Waals surface area contributed by atoms with E-state index in [1.54, 1.807) is 25.3 Å². The molecule has 3 rings (SSSR count). The van der Waals surface area contributed by atoms with Gasteiger partial charge in [-0.15, -0.1) is 11.8 Å². The van der Waals surface area contributed by atoms with Gasteiger partial charge in [-0.1, -0.05) is 17.7 Å². The first kappa shape index (κ1) is 23.2. The predicted molar refractivity (Wildman–Crippen MR) is 129 cm³/mol. The van der Waals surface area contributed by atoms with Gasteiger partial charge in [-0.25, -0.2) is 0 Å². The van der Waals surface area contributed by atoms with Crippen LogP contribution in [-0.2, 0) is 4.79 Å². The monoisotopic (exact) mass is 450 g/mol. The van der Waals surface area contributed by atoms with Crippen molar-refractivity contribution in [2.75, 3.05) is 30.6 Å². The molecule has 0 aliphatic heterocycles. The van der Waals surface area contributed by atoms with Gasteiger partial charge in [0.2, 0.25) is 5.91 Å². The largest absolute Gasteiger partial charge is 0.493 e. The van der Waals surface area contributed by atoms with Crippen molar-refractivity contribution in [1.29, 1.82) is 0 Å². The SMILES string of the molecule is COc1ccc(C(=O)Nc2ccc(SCC(=O)Nc3ccc(C)cc3C)cc2)cc1OC. The van der Waals surface area contributed by atoms with Crippen molar-refractivity contribution in [1.82, 2.24) is 0 Å². The third-order valence-corrected chi connectivity index (χ3v) is 5.80. The Morgan fingerprint density at radius 3 is 2.22 bits per heavy atom. The molecule has 0 spiro atoms. The number of methoxy groups -OCH3 is 2. The zero-order valence-electron chi connectivity index (χ0n) is 18.5. The first-order valence-corrected chi connectivity index (χ1v) is 11.0. The van der Waals surface area contributed by atoms with Crippen LogP contribution in [-0.4, -0.2) is 31.8 Å². The van der Waals surface area contributed by atoms with Crippen LogP contribution in [0.25, 0.3) is 0 Å². The van der Waals surface area contributed by atoms with Gasteiger partial charge in [-0.05, 0) is 67.9 Å². The molecular formula is C25H26N2O4S. The van der Waals surface area contributed by atoms with Gasteiger partial charge in [-0.2, -0.15) is 0 Å². The molecule has 0 fully saturated rings. The van der Waals surface area contributed by atoms with Crippen LogP contribution < -0.4 is 20.1 Å². The van der Waals surface area contributed by atoms with E-state index in [9.17, 15) is 9.59 Å². The minimum absolute atomic E-state index is 0.0622. The van der Waals surface area contributed by atoms with E-state index in [1.807, 2.05) is 56.3 Å². The molecule has 0 aliphatic carbocycles. The maximum Gasteiger partial charge on any atom is 0.255 e. The Hall–Kier alpha value is -3.45. The maximum atomic E-state index is 12.5. The topological polar surface area (TPSA) is 76.7 Å². The van der Waals surface area contributed by atoms with Crippen LogP contribution in [0.4, 0.5) is 11.4 Å². The van der Waals surface area contributed by atoms with E-state index >= 15 is 0 Å². The Balaban J connectivity index is 1.54. The van der Waals surface area contributed by atoms with Crippen LogP contribution in [0.5, 0.6) is 11.5 Å². The average Bonchev–Trinajstić information content (AvgIpc) is 2.80. The highest BCUT2D eigenvalue weighted by molar-refractivity contribution is 8.00. The quantitative estimate of drug-likeness (QED) is 0.455. The van der Waals surface area contributed by atoms with E-state index in [4.69, 9.17) is 9.47 Å². The number of nitrogens with one attached hydrogen (secondary N) is 2. The molecule has 0 unspecified atom stereocenters. The highest BCUT2D eigenvalue weighted by atomic mass is 32.2. The summed E-state index contributed by atoms with van der Waals surface area (Å²) in [4.78, 5) is 25.8. The second-order valence-electron chi connectivity index (χ2n) is 7.20. The van der Waals surface area contributed by atoms with E-state index in [1.165, 1.54) is 18.9 Å². The number of amides is 2. The summed E-state index contributed by atoms with van der Waals surface area (Å²) in [7, 11) is 3.07. The number of hydrogen-bond acceptors (Lipinski definition) is 5. The standard InChI is InChI=1S/C25H26N2O4S/c1-16-5-11-21(17(2)13-16)27-24(28)15-32-20-9-7-19(8-10-20)26-25(29)18-6-12-22(30-3)23(14-18)31-4/h5-14H,15H2,1-4H3,(H,26,29)(H,27,28). The lowest BCUT2D eigenvalue weighted by Gasteiger charge is -2.11. The van der Waals surface area contributed by atoms with Crippen LogP contribution in [0.3, 0.4) is 0 Å². The van der Waals surface area contributed by atoms with Crippen molar-refractivity contribution < 1.29 is 19.1 Å². The maximum absolute atomic E-state index is 12.5. The minimum Gasteiger partial charge on any atom is -0.493 e. The smallest absolute Gasteiger partial charge is 0.255 e. The Morgan fingerprint density at radius 1 is 0.844 bits per heavy atom. The minimum atomic E-state index is -0.251. The van der Waals surface area contributed by atoms with Crippen molar-refractivity contribution in [3.8, 4) is 11.5 Å². The molecule has 32 heavy (non-hydrogen) atoms. The summed E-state index contributed by atoms with van der Waals surface area (Å²) >= 11 is 1.43. The number of hydrogen-bond donors (Lipinski definition) is 2. The van der Waals surface area contributed by atoms with Gasteiger partial charge >= 0.3 is 0 Å². The summed E-state index contributed by atoms with van der Waals surface area (Å²) < 4.78 is 10.4. The van der Waals surface area contributed by atoms with Crippen molar-refractivity contribution in [3.63, 3.8) is 0 Å². The Kier molecular flexibility index (Phi) is 7.78. The number of thioether (sulfide) groups is 1. The molecule has 0 saturated heterocycles. The average molecular weight is 451 g/mol. The molecule has 0 aromatic heterocycles. The lowest BCUT2D eigenvalue weighted by molar-refractivity contribution is -0.113. The number of carbonyl (C=O) groups is 2. The molecule has 0 saturated carbocycles. The molecule has 3 aromatic carbocycles. The van der Waals surface area contributed by atoms with Gasteiger partial charge in [-0.3, -0.25) is 9.59 Å². The molecule has 0 heterocycles. The lowest BCUT2D eigenvalue weighted by atomic mass is 10.1. The summed E-state index contributed by atoms with van der Waals surface area (Å²) in [6.45, 7) is 4.00. The van der Waals surface area contributed by atoms with Crippen LogP contribution in [0.2, 0.25) is 0 Å². The van der Waals surface area contributed by atoms with Gasteiger partial charge in [0.05, 0.1) is 20.0 Å². The van der Waals surface area contributed by atoms with Crippen LogP contribution in [0.1, 0.15) is 21.5 Å². The summed E-state index contributed by atoms with van der Waals surface area (Å²) in [5, 5.41) is 5.80. The first-order valence-electron chi connectivity index (χ1n) is 10.0. The second-order valence-corrected chi connectivity index (χ2v) is 8.25. The summed E-state index contributed by atoms with van der Waals surface area (Å²) in [5.41, 5.74) is 4.15. The highest BCUT2D eigenvalue weighted by Crippen LogP contribution is 2.28. The van der Waals surface area contributed by atoms with Crippen molar-refractivity contribution in [2.24, 2.45) is 0 Å². The molecule has 2 N–H and O–H groups in total. The number of anilines is 2. The molecule has 0 radical (unpaired) electrons. The van der Waals surface area contributed by atoms with Crippen LogP contribution in [0.15, 0.2) is 65.6 Å². The number of benzene rings is 3. The molecule has 7 heteroatoms. The number of aryl methyl sites for hydroxylation is 2. The number of ether oxygens (including phenoxy) is 2. The Morgan fingerprint density at radius 2 is 1.56 bits per heavy atom. The second kappa shape index (κ2) is 10.7. The third kappa shape index (κ3) is 6.04. The zero-order chi connectivity index (χ0) is 23.1. The van der Waals surface area contributed by atoms with E-state index < -0.39 is 0 Å². The number of carbonyl (C=O) groups excluding carboxylic acids is 2. The van der Waals surface area contributed by atoms with Gasteiger partial charge in [0.1, 0.15) is 0 Å². The Labute approximate surface area is 192 Å². The summed E-state index contributed by atoms with van der Waals surface area (Å²) in [6.07, 6.45) is 0. The van der Waals surface area contributed by atoms with Gasteiger partial charge < -0.3 is 20.1 Å². The number of rotatable bonds is 8. The fourth-order valence-electron chi connectivity index (χ4n) is 3.10. The Bertz CT molecular complexity index is 1110. The molecule has 3 aromatic rings. The third-order valence-electron chi connectivity index (χ3n) is 4.78. The van der Waals surface area contributed by atoms with E-state index in [-0.39, 0.29) is 11.8 Å². The zero-order valence-corrected chi connectivity index (χ0v) is 19.3. The molecule has 2 amide bonds. The van der Waals surface area contributed by atoms with Gasteiger partial charge in [0.15, 0.2) is 11.5 Å². The van der Waals surface area contributed by atoms with Crippen LogP contribution in [0, 0.1) is 13.8 Å². The fourth-order valence-corrected chi connectivity index (χ4v) is 3.80. The molecule has 0 aliphatic rings.